The molecule has 0 atom stereocenters. The Morgan fingerprint density at radius 2 is 2.06 bits per heavy atom. The molecule has 0 aliphatic carbocycles. The first-order valence-corrected chi connectivity index (χ1v) is 5.53. The number of rotatable bonds is 2. The standard InChI is InChI=1S/C12H14N4O2/c1-12(2,3)18-11(17)10-9(14-16-15-10)8-6-4-5-7-13-8/h4-7H,1-3H3,(H,14,15,16). The number of ether oxygens (including phenoxy) is 1. The number of H-pyrrole nitrogens is 1. The molecule has 0 amide bonds. The number of esters is 1. The van der Waals surface area contributed by atoms with Gasteiger partial charge in [0.1, 0.15) is 11.3 Å². The van der Waals surface area contributed by atoms with Crippen molar-refractivity contribution in [2.24, 2.45) is 0 Å². The van der Waals surface area contributed by atoms with E-state index >= 15 is 0 Å². The van der Waals surface area contributed by atoms with Gasteiger partial charge in [0.05, 0.1) is 5.69 Å². The van der Waals surface area contributed by atoms with Gasteiger partial charge in [-0.25, -0.2) is 4.79 Å². The maximum Gasteiger partial charge on any atom is 0.361 e. The predicted octanol–water partition coefficient (Wildman–Crippen LogP) is 1.82. The third kappa shape index (κ3) is 2.71. The summed E-state index contributed by atoms with van der Waals surface area (Å²) in [7, 11) is 0. The SMILES string of the molecule is CC(C)(C)OC(=O)c1n[nH]nc1-c1ccccn1. The molecule has 1 N–H and O–H groups in total. The van der Waals surface area contributed by atoms with Gasteiger partial charge in [-0.3, -0.25) is 4.98 Å². The molecule has 2 aromatic rings. The predicted molar refractivity (Wildman–Crippen MR) is 64.8 cm³/mol. The molecule has 0 bridgehead atoms. The highest BCUT2D eigenvalue weighted by Crippen LogP contribution is 2.19. The second-order valence-electron chi connectivity index (χ2n) is 4.74. The van der Waals surface area contributed by atoms with E-state index < -0.39 is 11.6 Å². The lowest BCUT2D eigenvalue weighted by Gasteiger charge is -2.18. The Kier molecular flexibility index (Phi) is 3.10. The van der Waals surface area contributed by atoms with Crippen molar-refractivity contribution in [3.63, 3.8) is 0 Å². The number of carbonyl (C=O) groups is 1. The van der Waals surface area contributed by atoms with Crippen molar-refractivity contribution >= 4 is 5.97 Å². The molecule has 0 saturated carbocycles. The number of nitrogens with zero attached hydrogens (tertiary/aromatic N) is 3. The van der Waals surface area contributed by atoms with Gasteiger partial charge >= 0.3 is 5.97 Å². The Bertz CT molecular complexity index is 543. The monoisotopic (exact) mass is 246 g/mol. The van der Waals surface area contributed by atoms with Crippen LogP contribution in [0.2, 0.25) is 0 Å². The van der Waals surface area contributed by atoms with Crippen LogP contribution in [0.15, 0.2) is 24.4 Å². The second-order valence-corrected chi connectivity index (χ2v) is 4.74. The summed E-state index contributed by atoms with van der Waals surface area (Å²) in [6.07, 6.45) is 1.63. The molecule has 0 aliphatic rings. The molecule has 18 heavy (non-hydrogen) atoms. The second kappa shape index (κ2) is 4.56. The number of nitrogens with one attached hydrogen (secondary N) is 1. The molecule has 6 heteroatoms. The summed E-state index contributed by atoms with van der Waals surface area (Å²) >= 11 is 0. The fraction of sp³-hybridized carbons (Fsp3) is 0.333. The summed E-state index contributed by atoms with van der Waals surface area (Å²) in [5.41, 5.74) is 0.540. The highest BCUT2D eigenvalue weighted by atomic mass is 16.6. The van der Waals surface area contributed by atoms with Crippen molar-refractivity contribution < 1.29 is 9.53 Å². The summed E-state index contributed by atoms with van der Waals surface area (Å²) in [4.78, 5) is 16.1. The lowest BCUT2D eigenvalue weighted by atomic mass is 10.2. The lowest BCUT2D eigenvalue weighted by Crippen LogP contribution is -2.24. The van der Waals surface area contributed by atoms with E-state index in [4.69, 9.17) is 4.74 Å². The first kappa shape index (κ1) is 12.2. The average Bonchev–Trinajstić information content (AvgIpc) is 2.76. The maximum atomic E-state index is 11.9. The maximum absolute atomic E-state index is 11.9. The van der Waals surface area contributed by atoms with Gasteiger partial charge in [-0.15, -0.1) is 5.10 Å². The highest BCUT2D eigenvalue weighted by Gasteiger charge is 2.24. The highest BCUT2D eigenvalue weighted by molar-refractivity contribution is 5.93. The van der Waals surface area contributed by atoms with Crippen LogP contribution in [0.25, 0.3) is 11.4 Å². The van der Waals surface area contributed by atoms with E-state index in [9.17, 15) is 4.79 Å². The van der Waals surface area contributed by atoms with Crippen LogP contribution in [-0.2, 0) is 4.74 Å². The molecule has 0 fully saturated rings. The van der Waals surface area contributed by atoms with Crippen molar-refractivity contribution in [1.29, 1.82) is 0 Å². The number of aromatic amines is 1. The van der Waals surface area contributed by atoms with Crippen molar-refractivity contribution in [1.82, 2.24) is 20.4 Å². The molecule has 2 aromatic heterocycles. The van der Waals surface area contributed by atoms with Gasteiger partial charge in [0.15, 0.2) is 5.69 Å². The normalized spacial score (nSPS) is 11.3. The summed E-state index contributed by atoms with van der Waals surface area (Å²) in [5, 5.41) is 10.2. The molecule has 0 unspecified atom stereocenters. The third-order valence-corrected chi connectivity index (χ3v) is 2.05. The van der Waals surface area contributed by atoms with E-state index in [0.29, 0.717) is 11.4 Å². The van der Waals surface area contributed by atoms with E-state index in [1.807, 2.05) is 6.07 Å². The van der Waals surface area contributed by atoms with Gasteiger partial charge in [0, 0.05) is 6.20 Å². The van der Waals surface area contributed by atoms with E-state index in [2.05, 4.69) is 20.4 Å². The summed E-state index contributed by atoms with van der Waals surface area (Å²) in [5.74, 6) is -0.517. The minimum atomic E-state index is -0.572. The minimum Gasteiger partial charge on any atom is -0.455 e. The molecule has 2 heterocycles. The Hall–Kier alpha value is -2.24. The van der Waals surface area contributed by atoms with Crippen molar-refractivity contribution in [3.8, 4) is 11.4 Å². The third-order valence-electron chi connectivity index (χ3n) is 2.05. The zero-order valence-corrected chi connectivity index (χ0v) is 10.5. The Morgan fingerprint density at radius 1 is 1.28 bits per heavy atom. The van der Waals surface area contributed by atoms with Gasteiger partial charge in [-0.2, -0.15) is 10.3 Å². The molecule has 0 saturated heterocycles. The Morgan fingerprint density at radius 3 is 2.67 bits per heavy atom. The van der Waals surface area contributed by atoms with Gasteiger partial charge in [0.25, 0.3) is 0 Å². The topological polar surface area (TPSA) is 80.8 Å². The fourth-order valence-electron chi connectivity index (χ4n) is 1.38. The van der Waals surface area contributed by atoms with Crippen LogP contribution in [0.1, 0.15) is 31.3 Å². The van der Waals surface area contributed by atoms with Crippen molar-refractivity contribution in [3.05, 3.63) is 30.1 Å². The van der Waals surface area contributed by atoms with Crippen LogP contribution >= 0.6 is 0 Å². The quantitative estimate of drug-likeness (QED) is 0.817. The smallest absolute Gasteiger partial charge is 0.361 e. The zero-order valence-electron chi connectivity index (χ0n) is 10.5. The van der Waals surface area contributed by atoms with Gasteiger partial charge in [-0.05, 0) is 32.9 Å². The fourth-order valence-corrected chi connectivity index (χ4v) is 1.38. The number of hydrogen-bond acceptors (Lipinski definition) is 5. The summed E-state index contributed by atoms with van der Waals surface area (Å²) < 4.78 is 5.26. The van der Waals surface area contributed by atoms with Crippen LogP contribution in [0.4, 0.5) is 0 Å². The van der Waals surface area contributed by atoms with E-state index in [1.165, 1.54) is 0 Å². The van der Waals surface area contributed by atoms with Gasteiger partial charge < -0.3 is 4.74 Å². The lowest BCUT2D eigenvalue weighted by molar-refractivity contribution is 0.00637. The molecule has 0 spiro atoms. The Labute approximate surface area is 104 Å². The zero-order chi connectivity index (χ0) is 13.2. The minimum absolute atomic E-state index is 0.142. The number of carbonyl (C=O) groups excluding carboxylic acids is 1. The molecule has 0 aliphatic heterocycles. The van der Waals surface area contributed by atoms with Gasteiger partial charge in [-0.1, -0.05) is 6.07 Å². The summed E-state index contributed by atoms with van der Waals surface area (Å²) in [6.45, 7) is 5.39. The van der Waals surface area contributed by atoms with E-state index in [1.54, 1.807) is 39.1 Å². The van der Waals surface area contributed by atoms with Crippen molar-refractivity contribution in [2.75, 3.05) is 0 Å². The molecular weight excluding hydrogens is 232 g/mol. The number of hydrogen-bond donors (Lipinski definition) is 1. The van der Waals surface area contributed by atoms with E-state index in [-0.39, 0.29) is 5.69 Å². The largest absolute Gasteiger partial charge is 0.455 e. The molecule has 94 valence electrons. The molecule has 2 rings (SSSR count). The molecule has 0 radical (unpaired) electrons. The molecular formula is C12H14N4O2. The first-order valence-electron chi connectivity index (χ1n) is 5.53. The Balaban J connectivity index is 2.32. The van der Waals surface area contributed by atoms with Crippen LogP contribution < -0.4 is 0 Å². The van der Waals surface area contributed by atoms with Crippen LogP contribution in [0.3, 0.4) is 0 Å². The van der Waals surface area contributed by atoms with E-state index in [0.717, 1.165) is 0 Å². The van der Waals surface area contributed by atoms with Gasteiger partial charge in [0.2, 0.25) is 0 Å². The molecule has 0 aromatic carbocycles. The van der Waals surface area contributed by atoms with Crippen LogP contribution in [0, 0.1) is 0 Å². The number of aromatic nitrogens is 4. The molecule has 6 nitrogen and oxygen atoms in total. The first-order chi connectivity index (χ1) is 8.47. The summed E-state index contributed by atoms with van der Waals surface area (Å²) in [6, 6.07) is 5.36. The van der Waals surface area contributed by atoms with Crippen LogP contribution in [0.5, 0.6) is 0 Å². The average molecular weight is 246 g/mol. The number of pyridine rings is 1. The van der Waals surface area contributed by atoms with Crippen molar-refractivity contribution in [2.45, 2.75) is 26.4 Å². The van der Waals surface area contributed by atoms with Crippen LogP contribution in [-0.4, -0.2) is 32.0 Å².